The molecule has 1 N–H and O–H groups in total. The highest BCUT2D eigenvalue weighted by atomic mass is 79.9. The van der Waals surface area contributed by atoms with Crippen LogP contribution in [0.2, 0.25) is 10.0 Å². The summed E-state index contributed by atoms with van der Waals surface area (Å²) < 4.78 is 12.4. The van der Waals surface area contributed by atoms with Crippen LogP contribution in [-0.4, -0.2) is 18.5 Å². The number of hydrogen-bond donors (Lipinski definition) is 1. The van der Waals surface area contributed by atoms with Gasteiger partial charge in [0.25, 0.3) is 5.91 Å². The van der Waals surface area contributed by atoms with E-state index in [1.165, 1.54) is 0 Å². The van der Waals surface area contributed by atoms with E-state index in [-0.39, 0.29) is 12.3 Å². The van der Waals surface area contributed by atoms with E-state index in [0.717, 1.165) is 10.5 Å². The first-order valence-electron chi connectivity index (χ1n) is 10.3. The summed E-state index contributed by atoms with van der Waals surface area (Å²) in [6.45, 7) is 2.53. The van der Waals surface area contributed by atoms with E-state index in [2.05, 4.69) is 21.2 Å². The molecule has 9 heteroatoms. The molecule has 1 saturated heterocycles. The quantitative estimate of drug-likeness (QED) is 0.253. The maximum absolute atomic E-state index is 12.9. The smallest absolute Gasteiger partial charge is 0.333 e. The number of rotatable bonds is 7. The second-order valence-electron chi connectivity index (χ2n) is 7.25. The predicted molar refractivity (Wildman–Crippen MR) is 137 cm³/mol. The first kappa shape index (κ1) is 24.1. The molecule has 0 spiro atoms. The Morgan fingerprint density at radius 3 is 2.47 bits per heavy atom. The van der Waals surface area contributed by atoms with E-state index in [1.54, 1.807) is 48.5 Å². The number of ether oxygens (including phenoxy) is 2. The van der Waals surface area contributed by atoms with Gasteiger partial charge in [-0.2, -0.15) is 0 Å². The molecule has 0 unspecified atom stereocenters. The van der Waals surface area contributed by atoms with Crippen molar-refractivity contribution in [2.24, 2.45) is 0 Å². The van der Waals surface area contributed by atoms with Crippen molar-refractivity contribution >= 4 is 62.8 Å². The second kappa shape index (κ2) is 10.5. The minimum absolute atomic E-state index is 0.138. The highest BCUT2D eigenvalue weighted by molar-refractivity contribution is 9.10. The lowest BCUT2D eigenvalue weighted by Gasteiger charge is -2.15. The van der Waals surface area contributed by atoms with Crippen LogP contribution in [0.15, 0.2) is 70.8 Å². The lowest BCUT2D eigenvalue weighted by atomic mass is 10.1. The minimum atomic E-state index is -0.539. The molecule has 0 radical (unpaired) electrons. The molecule has 4 rings (SSSR count). The first-order valence-corrected chi connectivity index (χ1v) is 11.9. The minimum Gasteiger partial charge on any atom is -0.490 e. The Bertz CT molecular complexity index is 1280. The van der Waals surface area contributed by atoms with Crippen molar-refractivity contribution in [1.29, 1.82) is 0 Å². The number of nitrogens with zero attached hydrogens (tertiary/aromatic N) is 1. The topological polar surface area (TPSA) is 67.9 Å². The summed E-state index contributed by atoms with van der Waals surface area (Å²) in [6.07, 6.45) is 1.58. The Balaban J connectivity index is 1.60. The number of amides is 3. The molecule has 3 aromatic carbocycles. The fourth-order valence-electron chi connectivity index (χ4n) is 3.37. The third-order valence-corrected chi connectivity index (χ3v) is 6.15. The molecular formula is C25H19BrCl2N2O4. The van der Waals surface area contributed by atoms with Gasteiger partial charge < -0.3 is 14.8 Å². The number of carbonyl (C=O) groups excluding carboxylic acids is 2. The van der Waals surface area contributed by atoms with Crippen LogP contribution in [0, 0.1) is 0 Å². The van der Waals surface area contributed by atoms with E-state index < -0.39 is 11.9 Å². The fourth-order valence-corrected chi connectivity index (χ4v) is 4.26. The standard InChI is InChI=1S/C25H19BrCl2N2O4/c1-2-33-22-13-15(11-19(26)23(22)34-14-16-5-3-4-6-20(16)28)12-21-24(31)30(25(32)29-21)18-9-7-17(27)8-10-18/h3-13H,2,14H2,1H3,(H,29,32)/b21-12+. The fraction of sp³-hybridized carbons (Fsp3) is 0.120. The van der Waals surface area contributed by atoms with Crippen molar-refractivity contribution in [3.05, 3.63) is 92.0 Å². The van der Waals surface area contributed by atoms with Crippen molar-refractivity contribution < 1.29 is 19.1 Å². The Labute approximate surface area is 215 Å². The van der Waals surface area contributed by atoms with Crippen LogP contribution in [0.5, 0.6) is 11.5 Å². The van der Waals surface area contributed by atoms with Gasteiger partial charge in [0, 0.05) is 15.6 Å². The zero-order chi connectivity index (χ0) is 24.2. The van der Waals surface area contributed by atoms with E-state index in [0.29, 0.717) is 43.9 Å². The molecule has 1 heterocycles. The van der Waals surface area contributed by atoms with E-state index >= 15 is 0 Å². The van der Waals surface area contributed by atoms with Crippen LogP contribution in [0.25, 0.3) is 6.08 Å². The van der Waals surface area contributed by atoms with Crippen LogP contribution < -0.4 is 19.7 Å². The number of anilines is 1. The molecular weight excluding hydrogens is 543 g/mol. The zero-order valence-corrected chi connectivity index (χ0v) is 21.1. The monoisotopic (exact) mass is 560 g/mol. The van der Waals surface area contributed by atoms with E-state index in [1.807, 2.05) is 25.1 Å². The summed E-state index contributed by atoms with van der Waals surface area (Å²) in [5.74, 6) is 0.524. The van der Waals surface area contributed by atoms with Crippen LogP contribution in [0.3, 0.4) is 0 Å². The van der Waals surface area contributed by atoms with Crippen molar-refractivity contribution in [2.45, 2.75) is 13.5 Å². The molecule has 3 amide bonds. The number of nitrogens with one attached hydrogen (secondary N) is 1. The first-order chi connectivity index (χ1) is 16.4. The predicted octanol–water partition coefficient (Wildman–Crippen LogP) is 6.83. The molecule has 0 aromatic heterocycles. The lowest BCUT2D eigenvalue weighted by molar-refractivity contribution is -0.113. The van der Waals surface area contributed by atoms with Gasteiger partial charge in [-0.25, -0.2) is 9.69 Å². The van der Waals surface area contributed by atoms with Gasteiger partial charge in [0.2, 0.25) is 0 Å². The maximum atomic E-state index is 12.9. The molecule has 174 valence electrons. The van der Waals surface area contributed by atoms with E-state index in [4.69, 9.17) is 32.7 Å². The number of urea groups is 1. The van der Waals surface area contributed by atoms with Crippen molar-refractivity contribution in [1.82, 2.24) is 5.32 Å². The number of benzene rings is 3. The Hall–Kier alpha value is -3.00. The lowest BCUT2D eigenvalue weighted by Crippen LogP contribution is -2.30. The molecule has 6 nitrogen and oxygen atoms in total. The van der Waals surface area contributed by atoms with Gasteiger partial charge >= 0.3 is 6.03 Å². The molecule has 34 heavy (non-hydrogen) atoms. The van der Waals surface area contributed by atoms with Crippen LogP contribution in [0.1, 0.15) is 18.1 Å². The summed E-state index contributed by atoms with van der Waals surface area (Å²) in [7, 11) is 0. The van der Waals surface area contributed by atoms with Crippen molar-refractivity contribution in [3.63, 3.8) is 0 Å². The normalized spacial score (nSPS) is 14.5. The molecule has 0 atom stereocenters. The number of carbonyl (C=O) groups is 2. The Morgan fingerprint density at radius 1 is 1.03 bits per heavy atom. The van der Waals surface area contributed by atoms with Gasteiger partial charge in [0.1, 0.15) is 12.3 Å². The van der Waals surface area contributed by atoms with Crippen molar-refractivity contribution in [2.75, 3.05) is 11.5 Å². The molecule has 0 saturated carbocycles. The third-order valence-electron chi connectivity index (χ3n) is 4.94. The molecule has 0 bridgehead atoms. The number of imide groups is 1. The van der Waals surface area contributed by atoms with Gasteiger partial charge in [0.15, 0.2) is 11.5 Å². The summed E-state index contributed by atoms with van der Waals surface area (Å²) in [4.78, 5) is 26.4. The largest absolute Gasteiger partial charge is 0.490 e. The summed E-state index contributed by atoms with van der Waals surface area (Å²) in [5.41, 5.74) is 2.04. The van der Waals surface area contributed by atoms with Gasteiger partial charge in [-0.15, -0.1) is 0 Å². The summed E-state index contributed by atoms with van der Waals surface area (Å²) in [6, 6.07) is 16.9. The van der Waals surface area contributed by atoms with Crippen LogP contribution in [-0.2, 0) is 11.4 Å². The van der Waals surface area contributed by atoms with Gasteiger partial charge in [-0.3, -0.25) is 4.79 Å². The summed E-state index contributed by atoms with van der Waals surface area (Å²) >= 11 is 15.7. The van der Waals surface area contributed by atoms with Crippen LogP contribution in [0.4, 0.5) is 10.5 Å². The molecule has 1 fully saturated rings. The summed E-state index contributed by atoms with van der Waals surface area (Å²) in [5, 5.41) is 3.74. The van der Waals surface area contributed by atoms with Gasteiger partial charge in [-0.1, -0.05) is 41.4 Å². The van der Waals surface area contributed by atoms with Gasteiger partial charge in [0.05, 0.1) is 16.8 Å². The van der Waals surface area contributed by atoms with E-state index in [9.17, 15) is 9.59 Å². The molecule has 1 aliphatic rings. The molecule has 1 aliphatic heterocycles. The Morgan fingerprint density at radius 2 is 1.76 bits per heavy atom. The van der Waals surface area contributed by atoms with Gasteiger partial charge in [-0.05, 0) is 77.0 Å². The third kappa shape index (κ3) is 5.22. The molecule has 3 aromatic rings. The highest BCUT2D eigenvalue weighted by Gasteiger charge is 2.34. The van der Waals surface area contributed by atoms with Crippen LogP contribution >= 0.6 is 39.1 Å². The number of hydrogen-bond acceptors (Lipinski definition) is 4. The Kier molecular flexibility index (Phi) is 7.46. The average Bonchev–Trinajstić information content (AvgIpc) is 3.08. The van der Waals surface area contributed by atoms with Crippen molar-refractivity contribution in [3.8, 4) is 11.5 Å². The molecule has 0 aliphatic carbocycles. The average molecular weight is 562 g/mol. The maximum Gasteiger partial charge on any atom is 0.333 e. The SMILES string of the molecule is CCOc1cc(/C=C2/NC(=O)N(c3ccc(Cl)cc3)C2=O)cc(Br)c1OCc1ccccc1Cl. The zero-order valence-electron chi connectivity index (χ0n) is 18.0. The highest BCUT2D eigenvalue weighted by Crippen LogP contribution is 2.38. The second-order valence-corrected chi connectivity index (χ2v) is 8.95. The number of halogens is 3.